The molecule has 0 radical (unpaired) electrons. The molecule has 2 aromatic rings. The highest BCUT2D eigenvalue weighted by Crippen LogP contribution is 2.29. The van der Waals surface area contributed by atoms with Crippen LogP contribution in [0.2, 0.25) is 0 Å². The first-order valence-corrected chi connectivity index (χ1v) is 5.89. The quantitative estimate of drug-likeness (QED) is 0.900. The number of nitrogens with zero attached hydrogens (tertiary/aromatic N) is 2. The summed E-state index contributed by atoms with van der Waals surface area (Å²) in [5, 5.41) is 14.6. The second kappa shape index (κ2) is 4.92. The Balaban J connectivity index is 2.40. The highest BCUT2D eigenvalue weighted by atomic mass is 16.5. The van der Waals surface area contributed by atoms with Crippen LogP contribution in [0.5, 0.6) is 0 Å². The molecule has 0 fully saturated rings. The van der Waals surface area contributed by atoms with E-state index in [-0.39, 0.29) is 0 Å². The third-order valence-electron chi connectivity index (χ3n) is 3.14. The van der Waals surface area contributed by atoms with Crippen LogP contribution in [0.4, 0.5) is 0 Å². The Morgan fingerprint density at radius 3 is 2.50 bits per heavy atom. The predicted octanol–water partition coefficient (Wildman–Crippen LogP) is 2.33. The van der Waals surface area contributed by atoms with Crippen molar-refractivity contribution < 1.29 is 9.84 Å². The van der Waals surface area contributed by atoms with Gasteiger partial charge in [0.25, 0.3) is 0 Å². The van der Waals surface area contributed by atoms with Crippen LogP contribution in [0.3, 0.4) is 0 Å². The van der Waals surface area contributed by atoms with Gasteiger partial charge in [0.2, 0.25) is 0 Å². The van der Waals surface area contributed by atoms with Crippen LogP contribution >= 0.6 is 0 Å². The monoisotopic (exact) mass is 246 g/mol. The molecule has 0 aliphatic heterocycles. The van der Waals surface area contributed by atoms with E-state index >= 15 is 0 Å². The normalized spacial score (nSPS) is 13.6. The average molecular weight is 246 g/mol. The number of aromatic nitrogens is 2. The van der Waals surface area contributed by atoms with E-state index in [2.05, 4.69) is 5.10 Å². The summed E-state index contributed by atoms with van der Waals surface area (Å²) in [5.41, 5.74) is 0.975. The van der Waals surface area contributed by atoms with E-state index in [1.165, 1.54) is 0 Å². The number of aliphatic hydroxyl groups is 1. The van der Waals surface area contributed by atoms with Crippen LogP contribution in [0, 0.1) is 0 Å². The Hall–Kier alpha value is -1.65. The lowest BCUT2D eigenvalue weighted by Crippen LogP contribution is -2.32. The van der Waals surface area contributed by atoms with Crippen molar-refractivity contribution in [2.75, 3.05) is 7.11 Å². The van der Waals surface area contributed by atoms with Crippen LogP contribution in [0.25, 0.3) is 5.69 Å². The lowest BCUT2D eigenvalue weighted by molar-refractivity contribution is -0.0818. The van der Waals surface area contributed by atoms with Gasteiger partial charge in [-0.2, -0.15) is 5.10 Å². The molecule has 1 atom stereocenters. The standard InChI is InChI=1S/C14H18N2O2/c1-14(2,18-3)13(17)12-9-10-15-16(12)11-7-5-4-6-8-11/h4-10,13,17H,1-3H3. The largest absolute Gasteiger partial charge is 0.384 e. The molecule has 0 spiro atoms. The molecule has 0 bridgehead atoms. The minimum absolute atomic E-state index is 0.660. The van der Waals surface area contributed by atoms with Gasteiger partial charge in [0.1, 0.15) is 6.10 Å². The van der Waals surface area contributed by atoms with Crippen molar-refractivity contribution in [1.29, 1.82) is 0 Å². The van der Waals surface area contributed by atoms with E-state index < -0.39 is 11.7 Å². The molecule has 0 saturated carbocycles. The van der Waals surface area contributed by atoms with Gasteiger partial charge in [-0.3, -0.25) is 0 Å². The third kappa shape index (κ3) is 2.30. The van der Waals surface area contributed by atoms with Gasteiger partial charge in [-0.15, -0.1) is 0 Å². The maximum Gasteiger partial charge on any atom is 0.124 e. The Morgan fingerprint density at radius 1 is 1.22 bits per heavy atom. The molecule has 1 unspecified atom stereocenters. The molecular formula is C14H18N2O2. The molecule has 1 aromatic heterocycles. The molecule has 4 nitrogen and oxygen atoms in total. The number of hydrogen-bond donors (Lipinski definition) is 1. The van der Waals surface area contributed by atoms with Gasteiger partial charge >= 0.3 is 0 Å². The fourth-order valence-corrected chi connectivity index (χ4v) is 1.77. The maximum absolute atomic E-state index is 10.4. The second-order valence-electron chi connectivity index (χ2n) is 4.71. The zero-order chi connectivity index (χ0) is 13.2. The minimum atomic E-state index is -0.745. The predicted molar refractivity (Wildman–Crippen MR) is 69.6 cm³/mol. The molecule has 18 heavy (non-hydrogen) atoms. The van der Waals surface area contributed by atoms with E-state index in [4.69, 9.17) is 4.74 Å². The van der Waals surface area contributed by atoms with Crippen LogP contribution in [-0.4, -0.2) is 27.6 Å². The highest BCUT2D eigenvalue weighted by molar-refractivity contribution is 5.33. The first-order valence-electron chi connectivity index (χ1n) is 5.89. The summed E-state index contributed by atoms with van der Waals surface area (Å²) in [6.07, 6.45) is 0.933. The van der Waals surface area contributed by atoms with Crippen molar-refractivity contribution in [3.05, 3.63) is 48.3 Å². The van der Waals surface area contributed by atoms with Crippen LogP contribution in [0.1, 0.15) is 25.6 Å². The van der Waals surface area contributed by atoms with Crippen molar-refractivity contribution in [3.63, 3.8) is 0 Å². The van der Waals surface area contributed by atoms with Gasteiger partial charge in [-0.1, -0.05) is 18.2 Å². The zero-order valence-corrected chi connectivity index (χ0v) is 10.9. The summed E-state index contributed by atoms with van der Waals surface area (Å²) in [7, 11) is 1.59. The summed E-state index contributed by atoms with van der Waals surface area (Å²) in [5.74, 6) is 0. The average Bonchev–Trinajstić information content (AvgIpc) is 2.87. The number of para-hydroxylation sites is 1. The smallest absolute Gasteiger partial charge is 0.124 e. The van der Waals surface area contributed by atoms with Gasteiger partial charge in [-0.25, -0.2) is 4.68 Å². The number of methoxy groups -OCH3 is 1. The van der Waals surface area contributed by atoms with Crippen LogP contribution in [0.15, 0.2) is 42.6 Å². The van der Waals surface area contributed by atoms with E-state index in [0.29, 0.717) is 5.69 Å². The lowest BCUT2D eigenvalue weighted by Gasteiger charge is -2.29. The molecule has 0 aliphatic rings. The first kappa shape index (κ1) is 12.8. The summed E-state index contributed by atoms with van der Waals surface area (Å²) < 4.78 is 7.05. The SMILES string of the molecule is COC(C)(C)C(O)c1ccnn1-c1ccccc1. The Labute approximate surface area is 107 Å². The molecule has 1 aromatic carbocycles. The van der Waals surface area contributed by atoms with Gasteiger partial charge in [0, 0.05) is 13.3 Å². The van der Waals surface area contributed by atoms with E-state index in [9.17, 15) is 5.11 Å². The summed E-state index contributed by atoms with van der Waals surface area (Å²) >= 11 is 0. The minimum Gasteiger partial charge on any atom is -0.384 e. The number of benzene rings is 1. The lowest BCUT2D eigenvalue weighted by atomic mass is 9.98. The highest BCUT2D eigenvalue weighted by Gasteiger charge is 2.31. The van der Waals surface area contributed by atoms with E-state index in [1.807, 2.05) is 44.2 Å². The fourth-order valence-electron chi connectivity index (χ4n) is 1.77. The number of ether oxygens (including phenoxy) is 1. The molecule has 2 rings (SSSR count). The van der Waals surface area contributed by atoms with Gasteiger partial charge in [0.15, 0.2) is 0 Å². The molecule has 1 heterocycles. The second-order valence-corrected chi connectivity index (χ2v) is 4.71. The van der Waals surface area contributed by atoms with Crippen LogP contribution < -0.4 is 0 Å². The molecule has 0 saturated heterocycles. The third-order valence-corrected chi connectivity index (χ3v) is 3.14. The molecule has 0 aliphatic carbocycles. The van der Waals surface area contributed by atoms with Crippen molar-refractivity contribution >= 4 is 0 Å². The molecule has 0 amide bonds. The summed E-state index contributed by atoms with van der Waals surface area (Å²) in [6.45, 7) is 3.69. The summed E-state index contributed by atoms with van der Waals surface area (Å²) in [6, 6.07) is 11.5. The molecular weight excluding hydrogens is 228 g/mol. The molecule has 1 N–H and O–H groups in total. The van der Waals surface area contributed by atoms with Crippen molar-refractivity contribution in [2.45, 2.75) is 25.6 Å². The summed E-state index contributed by atoms with van der Waals surface area (Å²) in [4.78, 5) is 0. The van der Waals surface area contributed by atoms with Crippen molar-refractivity contribution in [2.24, 2.45) is 0 Å². The van der Waals surface area contributed by atoms with E-state index in [0.717, 1.165) is 5.69 Å². The number of hydrogen-bond acceptors (Lipinski definition) is 3. The van der Waals surface area contributed by atoms with Gasteiger partial charge in [0.05, 0.1) is 17.0 Å². The topological polar surface area (TPSA) is 47.3 Å². The van der Waals surface area contributed by atoms with Crippen molar-refractivity contribution in [3.8, 4) is 5.69 Å². The van der Waals surface area contributed by atoms with Gasteiger partial charge < -0.3 is 9.84 Å². The fraction of sp³-hybridized carbons (Fsp3) is 0.357. The maximum atomic E-state index is 10.4. The zero-order valence-electron chi connectivity index (χ0n) is 10.9. The Bertz CT molecular complexity index is 506. The first-order chi connectivity index (χ1) is 8.56. The molecule has 4 heteroatoms. The van der Waals surface area contributed by atoms with Crippen molar-refractivity contribution in [1.82, 2.24) is 9.78 Å². The number of aliphatic hydroxyl groups excluding tert-OH is 1. The molecule has 96 valence electrons. The van der Waals surface area contributed by atoms with Gasteiger partial charge in [-0.05, 0) is 32.0 Å². The van der Waals surface area contributed by atoms with E-state index in [1.54, 1.807) is 24.1 Å². The van der Waals surface area contributed by atoms with Crippen LogP contribution in [-0.2, 0) is 4.74 Å². The Kier molecular flexibility index (Phi) is 3.50. The number of rotatable bonds is 4. The Morgan fingerprint density at radius 2 is 1.89 bits per heavy atom.